The van der Waals surface area contributed by atoms with Crippen LogP contribution in [-0.4, -0.2) is 0 Å². The van der Waals surface area contributed by atoms with Crippen molar-refractivity contribution in [2.24, 2.45) is 0 Å². The number of hydrogen-bond donors (Lipinski definition) is 0. The van der Waals surface area contributed by atoms with Crippen molar-refractivity contribution in [3.8, 4) is 0 Å². The van der Waals surface area contributed by atoms with Gasteiger partial charge in [0.1, 0.15) is 0 Å². The molecule has 0 saturated heterocycles. The molecule has 0 fully saturated rings. The molecule has 0 heteroatoms. The smallest absolute Gasteiger partial charge is 0.0395 e. The fourth-order valence-electron chi connectivity index (χ4n) is 1.15. The van der Waals surface area contributed by atoms with Crippen LogP contribution < -0.4 is 0 Å². The van der Waals surface area contributed by atoms with E-state index in [-0.39, 0.29) is 0 Å². The molecule has 0 aromatic heterocycles. The van der Waals surface area contributed by atoms with Gasteiger partial charge in [0, 0.05) is 0 Å². The molecule has 0 radical (unpaired) electrons. The van der Waals surface area contributed by atoms with Gasteiger partial charge < -0.3 is 0 Å². The van der Waals surface area contributed by atoms with Gasteiger partial charge in [-0.25, -0.2) is 0 Å². The van der Waals surface area contributed by atoms with E-state index in [0.717, 1.165) is 5.57 Å². The van der Waals surface area contributed by atoms with E-state index in [9.17, 15) is 0 Å². The number of hydrogen-bond acceptors (Lipinski definition) is 0. The van der Waals surface area contributed by atoms with Gasteiger partial charge in [0.05, 0.1) is 0 Å². The Labute approximate surface area is 140 Å². The topological polar surface area (TPSA) is 0 Å². The molecule has 0 nitrogen and oxygen atoms in total. The number of benzene rings is 1. The van der Waals surface area contributed by atoms with Gasteiger partial charge in [-0.15, -0.1) is 6.58 Å². The molecule has 0 amide bonds. The van der Waals surface area contributed by atoms with Crippen LogP contribution in [0.5, 0.6) is 0 Å². The lowest BCUT2D eigenvalue weighted by Gasteiger charge is -1.98. The van der Waals surface area contributed by atoms with E-state index in [1.807, 2.05) is 40.7 Å². The minimum Gasteiger partial charge on any atom is -0.100 e. The fourth-order valence-corrected chi connectivity index (χ4v) is 1.15. The summed E-state index contributed by atoms with van der Waals surface area (Å²) in [6.45, 7) is 27.0. The van der Waals surface area contributed by atoms with Gasteiger partial charge >= 0.3 is 0 Å². The standard InChI is InChI=1S/C9H12.C7H10.C4H8.C2H6/c1-7-4-5-8(2)9(3)6-7;1-4-6-7(3)5-2;1-4(2)3;1-2/h4-6H,1-3H3;4-6H,1-2H2,3H3;1H2,2-3H3;1-2H3/b;7-6-;;. The summed E-state index contributed by atoms with van der Waals surface area (Å²) in [5, 5.41) is 0. The molecule has 0 aliphatic carbocycles. The maximum Gasteiger partial charge on any atom is -0.0395 e. The number of rotatable bonds is 2. The molecule has 0 spiro atoms. The van der Waals surface area contributed by atoms with Crippen molar-refractivity contribution in [1.29, 1.82) is 0 Å². The second-order valence-electron chi connectivity index (χ2n) is 5.15. The number of aryl methyl sites for hydroxylation is 3. The Kier molecular flexibility index (Phi) is 19.7. The molecule has 0 N–H and O–H groups in total. The zero-order valence-corrected chi connectivity index (χ0v) is 16.1. The zero-order chi connectivity index (χ0) is 18.1. The summed E-state index contributed by atoms with van der Waals surface area (Å²) in [6, 6.07) is 6.50. The third-order valence-electron chi connectivity index (χ3n) is 2.37. The van der Waals surface area contributed by atoms with Crippen LogP contribution in [0.3, 0.4) is 0 Å². The van der Waals surface area contributed by atoms with Crippen molar-refractivity contribution >= 4 is 0 Å². The quantitative estimate of drug-likeness (QED) is 0.391. The highest BCUT2D eigenvalue weighted by Crippen LogP contribution is 2.07. The van der Waals surface area contributed by atoms with Crippen molar-refractivity contribution in [3.05, 3.63) is 84.0 Å². The molecule has 0 bridgehead atoms. The van der Waals surface area contributed by atoms with Crippen LogP contribution in [-0.2, 0) is 0 Å². The lowest BCUT2D eigenvalue weighted by Crippen LogP contribution is -1.79. The van der Waals surface area contributed by atoms with E-state index in [4.69, 9.17) is 0 Å². The maximum absolute atomic E-state index is 3.56. The monoisotopic (exact) mass is 300 g/mol. The summed E-state index contributed by atoms with van der Waals surface area (Å²) in [5.41, 5.74) is 6.42. The highest BCUT2D eigenvalue weighted by molar-refractivity contribution is 5.28. The van der Waals surface area contributed by atoms with Crippen LogP contribution in [0.25, 0.3) is 0 Å². The first-order valence-electron chi connectivity index (χ1n) is 7.82. The maximum atomic E-state index is 3.56. The van der Waals surface area contributed by atoms with Gasteiger partial charge in [-0.3, -0.25) is 0 Å². The fraction of sp³-hybridized carbons (Fsp3) is 0.364. The molecule has 1 rings (SSSR count). The molecule has 1 aromatic carbocycles. The largest absolute Gasteiger partial charge is 0.100 e. The predicted molar refractivity (Wildman–Crippen MR) is 107 cm³/mol. The Morgan fingerprint density at radius 3 is 1.59 bits per heavy atom. The van der Waals surface area contributed by atoms with E-state index >= 15 is 0 Å². The summed E-state index contributed by atoms with van der Waals surface area (Å²) in [6.07, 6.45) is 5.45. The second kappa shape index (κ2) is 17.2. The van der Waals surface area contributed by atoms with Gasteiger partial charge in [0.25, 0.3) is 0 Å². The second-order valence-corrected chi connectivity index (χ2v) is 5.15. The Hall–Kier alpha value is -1.82. The van der Waals surface area contributed by atoms with Crippen LogP contribution >= 0.6 is 0 Å². The summed E-state index contributed by atoms with van der Waals surface area (Å²) in [7, 11) is 0. The summed E-state index contributed by atoms with van der Waals surface area (Å²) in [5.74, 6) is 0. The van der Waals surface area contributed by atoms with Gasteiger partial charge in [0.15, 0.2) is 0 Å². The molecule has 0 atom stereocenters. The first-order valence-corrected chi connectivity index (χ1v) is 7.82. The molecule has 0 aliphatic heterocycles. The van der Waals surface area contributed by atoms with Crippen molar-refractivity contribution in [2.45, 2.75) is 55.4 Å². The van der Waals surface area contributed by atoms with Crippen LogP contribution in [0.15, 0.2) is 67.3 Å². The molecule has 0 unspecified atom stereocenters. The van der Waals surface area contributed by atoms with Gasteiger partial charge in [0.2, 0.25) is 0 Å². The normalized spacial score (nSPS) is 8.82. The zero-order valence-electron chi connectivity index (χ0n) is 16.1. The third kappa shape index (κ3) is 20.5. The molecule has 0 saturated carbocycles. The van der Waals surface area contributed by atoms with Gasteiger partial charge in [-0.2, -0.15) is 0 Å². The molecular weight excluding hydrogens is 264 g/mol. The van der Waals surface area contributed by atoms with Crippen molar-refractivity contribution < 1.29 is 0 Å². The minimum atomic E-state index is 1.15. The Balaban J connectivity index is -0.000000249. The van der Waals surface area contributed by atoms with E-state index < -0.39 is 0 Å². The van der Waals surface area contributed by atoms with Gasteiger partial charge in [-0.05, 0) is 52.7 Å². The van der Waals surface area contributed by atoms with Crippen molar-refractivity contribution in [1.82, 2.24) is 0 Å². The first kappa shape index (κ1) is 25.2. The van der Waals surface area contributed by atoms with Crippen LogP contribution in [0, 0.1) is 20.8 Å². The average Bonchev–Trinajstić information content (AvgIpc) is 2.46. The van der Waals surface area contributed by atoms with Crippen LogP contribution in [0.4, 0.5) is 0 Å². The average molecular weight is 301 g/mol. The lowest BCUT2D eigenvalue weighted by atomic mass is 10.1. The van der Waals surface area contributed by atoms with E-state index in [1.54, 1.807) is 12.2 Å². The first-order chi connectivity index (χ1) is 10.2. The molecule has 124 valence electrons. The highest BCUT2D eigenvalue weighted by atomic mass is 13.9. The Morgan fingerprint density at radius 1 is 0.909 bits per heavy atom. The Bertz CT molecular complexity index is 455. The number of allylic oxidation sites excluding steroid dienone is 5. The predicted octanol–water partition coefficient (Wildman–Crippen LogP) is 7.53. The molecule has 0 heterocycles. The summed E-state index contributed by atoms with van der Waals surface area (Å²) in [4.78, 5) is 0. The molecule has 22 heavy (non-hydrogen) atoms. The van der Waals surface area contributed by atoms with E-state index in [1.165, 1.54) is 22.3 Å². The van der Waals surface area contributed by atoms with Gasteiger partial charge in [-0.1, -0.05) is 80.1 Å². The summed E-state index contributed by atoms with van der Waals surface area (Å²) < 4.78 is 0. The van der Waals surface area contributed by atoms with E-state index in [0.29, 0.717) is 0 Å². The molecular formula is C22H36. The van der Waals surface area contributed by atoms with Crippen molar-refractivity contribution in [2.75, 3.05) is 0 Å². The van der Waals surface area contributed by atoms with Crippen LogP contribution in [0.2, 0.25) is 0 Å². The van der Waals surface area contributed by atoms with E-state index in [2.05, 4.69) is 58.7 Å². The lowest BCUT2D eigenvalue weighted by molar-refractivity contribution is 1.30. The molecule has 0 aliphatic rings. The van der Waals surface area contributed by atoms with Crippen molar-refractivity contribution in [3.63, 3.8) is 0 Å². The Morgan fingerprint density at radius 2 is 1.36 bits per heavy atom. The van der Waals surface area contributed by atoms with Crippen LogP contribution in [0.1, 0.15) is 51.3 Å². The third-order valence-corrected chi connectivity index (χ3v) is 2.37. The highest BCUT2D eigenvalue weighted by Gasteiger charge is 1.89. The minimum absolute atomic E-state index is 1.15. The summed E-state index contributed by atoms with van der Waals surface area (Å²) >= 11 is 0. The molecule has 1 aromatic rings. The SMILES string of the molecule is C=C(C)C.C=C/C=C(/C)C=C.CC.Cc1ccc(C)c(C)c1.